The summed E-state index contributed by atoms with van der Waals surface area (Å²) in [6, 6.07) is 6.26. The number of rotatable bonds is 1. The lowest BCUT2D eigenvalue weighted by Gasteiger charge is -2.06. The molecule has 0 saturated heterocycles. The number of nitrogen functional groups attached to an aromatic ring is 1. The number of benzene rings is 1. The normalized spacial score (nSPS) is 9.80. The molecule has 0 aliphatic carbocycles. The first kappa shape index (κ1) is 11.7. The lowest BCUT2D eigenvalue weighted by atomic mass is 10.1. The first-order chi connectivity index (χ1) is 6.70. The molecule has 0 bridgehead atoms. The minimum atomic E-state index is -0.293. The van der Waals surface area contributed by atoms with Gasteiger partial charge in [0.1, 0.15) is 5.82 Å². The summed E-state index contributed by atoms with van der Waals surface area (Å²) in [5.41, 5.74) is 4.74. The number of hydrogen-bond acceptors (Lipinski definition) is 3. The molecule has 3 N–H and O–H groups in total. The largest absolute Gasteiger partial charge is 0.323 e. The van der Waals surface area contributed by atoms with Gasteiger partial charge in [0, 0.05) is 17.1 Å². The fraction of sp³-hybridized carbons (Fsp3) is 0.100. The molecule has 0 atom stereocenters. The number of nitrogens with one attached hydrogen (secondary N) is 1. The Bertz CT molecular complexity index is 482. The van der Waals surface area contributed by atoms with E-state index in [1.54, 1.807) is 6.07 Å². The molecule has 0 aliphatic rings. The lowest BCUT2D eigenvalue weighted by molar-refractivity contribution is 0.629. The van der Waals surface area contributed by atoms with Crippen molar-refractivity contribution in [2.75, 3.05) is 5.43 Å². The van der Waals surface area contributed by atoms with E-state index in [1.807, 2.05) is 13.0 Å². The van der Waals surface area contributed by atoms with Crippen LogP contribution in [0.5, 0.6) is 0 Å². The number of pyridine rings is 1. The second-order valence-corrected chi connectivity index (χ2v) is 3.12. The van der Waals surface area contributed by atoms with Crippen LogP contribution in [-0.2, 0) is 0 Å². The Hall–Kier alpha value is -1.39. The zero-order chi connectivity index (χ0) is 10.1. The Balaban J connectivity index is 0.00000112. The van der Waals surface area contributed by atoms with Gasteiger partial charge in [-0.25, -0.2) is 4.39 Å². The van der Waals surface area contributed by atoms with E-state index in [2.05, 4.69) is 10.4 Å². The molecule has 0 saturated carbocycles. The smallest absolute Gasteiger partial charge is 0.125 e. The zero-order valence-corrected chi connectivity index (χ0v) is 8.94. The highest BCUT2D eigenvalue weighted by atomic mass is 35.5. The maximum absolute atomic E-state index is 12.9. The molecular formula is C10H11ClFN3. The summed E-state index contributed by atoms with van der Waals surface area (Å²) in [7, 11) is 0. The van der Waals surface area contributed by atoms with Crippen molar-refractivity contribution in [3.63, 3.8) is 0 Å². The predicted octanol–water partition coefficient (Wildman–Crippen LogP) is 2.39. The molecule has 5 heteroatoms. The van der Waals surface area contributed by atoms with Crippen molar-refractivity contribution in [3.8, 4) is 0 Å². The van der Waals surface area contributed by atoms with E-state index in [4.69, 9.17) is 5.84 Å². The SMILES string of the molecule is Cc1cc(NN)c2ccc(F)cc2n1.Cl. The van der Waals surface area contributed by atoms with Gasteiger partial charge in [-0.15, -0.1) is 12.4 Å². The van der Waals surface area contributed by atoms with Gasteiger partial charge in [-0.2, -0.15) is 0 Å². The van der Waals surface area contributed by atoms with Gasteiger partial charge in [0.2, 0.25) is 0 Å². The third-order valence-electron chi connectivity index (χ3n) is 2.06. The fourth-order valence-electron chi connectivity index (χ4n) is 1.45. The van der Waals surface area contributed by atoms with E-state index in [0.717, 1.165) is 16.8 Å². The Labute approximate surface area is 92.9 Å². The van der Waals surface area contributed by atoms with E-state index < -0.39 is 0 Å². The maximum atomic E-state index is 12.9. The Morgan fingerprint density at radius 1 is 1.33 bits per heavy atom. The van der Waals surface area contributed by atoms with Crippen LogP contribution in [0.3, 0.4) is 0 Å². The van der Waals surface area contributed by atoms with Crippen LogP contribution < -0.4 is 11.3 Å². The Kier molecular flexibility index (Phi) is 3.44. The van der Waals surface area contributed by atoms with E-state index in [-0.39, 0.29) is 18.2 Å². The molecule has 2 rings (SSSR count). The van der Waals surface area contributed by atoms with Crippen molar-refractivity contribution in [1.82, 2.24) is 4.98 Å². The summed E-state index contributed by atoms with van der Waals surface area (Å²) in [6.45, 7) is 1.84. The third kappa shape index (κ3) is 2.16. The van der Waals surface area contributed by atoms with Gasteiger partial charge in [0.15, 0.2) is 0 Å². The molecule has 80 valence electrons. The van der Waals surface area contributed by atoms with Crippen molar-refractivity contribution < 1.29 is 4.39 Å². The van der Waals surface area contributed by atoms with Crippen molar-refractivity contribution in [3.05, 3.63) is 35.8 Å². The Morgan fingerprint density at radius 2 is 2.07 bits per heavy atom. The van der Waals surface area contributed by atoms with Crippen LogP contribution >= 0.6 is 12.4 Å². The number of halogens is 2. The van der Waals surface area contributed by atoms with Gasteiger partial charge >= 0.3 is 0 Å². The van der Waals surface area contributed by atoms with Crippen LogP contribution in [0, 0.1) is 12.7 Å². The highest BCUT2D eigenvalue weighted by Crippen LogP contribution is 2.22. The number of anilines is 1. The van der Waals surface area contributed by atoms with Gasteiger partial charge in [0.05, 0.1) is 11.2 Å². The van der Waals surface area contributed by atoms with Crippen LogP contribution in [0.15, 0.2) is 24.3 Å². The number of hydrogen-bond donors (Lipinski definition) is 2. The summed E-state index contributed by atoms with van der Waals surface area (Å²) in [5.74, 6) is 5.06. The van der Waals surface area contributed by atoms with Gasteiger partial charge in [0.25, 0.3) is 0 Å². The summed E-state index contributed by atoms with van der Waals surface area (Å²) in [5, 5.41) is 0.819. The van der Waals surface area contributed by atoms with E-state index >= 15 is 0 Å². The maximum Gasteiger partial charge on any atom is 0.125 e. The quantitative estimate of drug-likeness (QED) is 0.581. The first-order valence-corrected chi connectivity index (χ1v) is 4.24. The summed E-state index contributed by atoms with van der Waals surface area (Å²) >= 11 is 0. The molecule has 2 aromatic rings. The number of aromatic nitrogens is 1. The average molecular weight is 228 g/mol. The van der Waals surface area contributed by atoms with Gasteiger partial charge in [-0.1, -0.05) is 0 Å². The second-order valence-electron chi connectivity index (χ2n) is 3.12. The van der Waals surface area contributed by atoms with Gasteiger partial charge in [-0.05, 0) is 25.1 Å². The van der Waals surface area contributed by atoms with Crippen molar-refractivity contribution >= 4 is 29.0 Å². The zero-order valence-electron chi connectivity index (χ0n) is 8.12. The molecule has 0 radical (unpaired) electrons. The molecule has 0 spiro atoms. The van der Waals surface area contributed by atoms with Gasteiger partial charge < -0.3 is 5.43 Å². The lowest BCUT2D eigenvalue weighted by Crippen LogP contribution is -2.07. The first-order valence-electron chi connectivity index (χ1n) is 4.24. The monoisotopic (exact) mass is 227 g/mol. The number of fused-ring (bicyclic) bond motifs is 1. The fourth-order valence-corrected chi connectivity index (χ4v) is 1.45. The van der Waals surface area contributed by atoms with Crippen molar-refractivity contribution in [2.45, 2.75) is 6.92 Å². The average Bonchev–Trinajstić information content (AvgIpc) is 2.15. The van der Waals surface area contributed by atoms with E-state index in [0.29, 0.717) is 5.52 Å². The van der Waals surface area contributed by atoms with Crippen molar-refractivity contribution in [2.24, 2.45) is 5.84 Å². The molecule has 1 aromatic heterocycles. The molecule has 1 aromatic carbocycles. The standard InChI is InChI=1S/C10H10FN3.ClH/c1-6-4-10(14-12)8-3-2-7(11)5-9(8)13-6;/h2-5H,12H2,1H3,(H,13,14);1H. The summed E-state index contributed by atoms with van der Waals surface area (Å²) in [4.78, 5) is 4.21. The van der Waals surface area contributed by atoms with E-state index in [9.17, 15) is 4.39 Å². The highest BCUT2D eigenvalue weighted by molar-refractivity contribution is 5.91. The van der Waals surface area contributed by atoms with Crippen LogP contribution in [-0.4, -0.2) is 4.98 Å². The molecule has 0 unspecified atom stereocenters. The summed E-state index contributed by atoms with van der Waals surface area (Å²) in [6.07, 6.45) is 0. The van der Waals surface area contributed by atoms with Crippen LogP contribution in [0.2, 0.25) is 0 Å². The molecule has 0 amide bonds. The van der Waals surface area contributed by atoms with Crippen molar-refractivity contribution in [1.29, 1.82) is 0 Å². The number of hydrazine groups is 1. The topological polar surface area (TPSA) is 50.9 Å². The minimum absolute atomic E-state index is 0. The van der Waals surface area contributed by atoms with Crippen LogP contribution in [0.25, 0.3) is 10.9 Å². The third-order valence-corrected chi connectivity index (χ3v) is 2.06. The summed E-state index contributed by atoms with van der Waals surface area (Å²) < 4.78 is 12.9. The number of nitrogens with zero attached hydrogens (tertiary/aromatic N) is 1. The van der Waals surface area contributed by atoms with E-state index in [1.165, 1.54) is 12.1 Å². The second kappa shape index (κ2) is 4.42. The molecule has 1 heterocycles. The Morgan fingerprint density at radius 3 is 2.73 bits per heavy atom. The molecule has 15 heavy (non-hydrogen) atoms. The van der Waals surface area contributed by atoms with Crippen LogP contribution in [0.4, 0.5) is 10.1 Å². The highest BCUT2D eigenvalue weighted by Gasteiger charge is 2.03. The number of aryl methyl sites for hydroxylation is 1. The molecule has 0 aliphatic heterocycles. The minimum Gasteiger partial charge on any atom is -0.323 e. The molecular weight excluding hydrogens is 217 g/mol. The van der Waals surface area contributed by atoms with Gasteiger partial charge in [-0.3, -0.25) is 10.8 Å². The number of nitrogens with two attached hydrogens (primary N) is 1. The molecule has 0 fully saturated rings. The van der Waals surface area contributed by atoms with Crippen LogP contribution in [0.1, 0.15) is 5.69 Å². The molecule has 3 nitrogen and oxygen atoms in total. The predicted molar refractivity (Wildman–Crippen MR) is 61.5 cm³/mol.